The Balaban J connectivity index is 5.47. The van der Waals surface area contributed by atoms with E-state index in [2.05, 4.69) is 65.6 Å². The van der Waals surface area contributed by atoms with Crippen molar-refractivity contribution in [1.29, 1.82) is 0 Å². The van der Waals surface area contributed by atoms with E-state index in [9.17, 15) is 24.0 Å². The Morgan fingerprint density at radius 3 is 1.01 bits per heavy atom. The maximum atomic E-state index is 14.3. The van der Waals surface area contributed by atoms with Crippen LogP contribution in [0.1, 0.15) is 357 Å². The molecule has 0 rings (SSSR count). The van der Waals surface area contributed by atoms with Gasteiger partial charge in [0.25, 0.3) is 0 Å². The summed E-state index contributed by atoms with van der Waals surface area (Å²) in [7, 11) is 0. The molecule has 490 valence electrons. The van der Waals surface area contributed by atoms with E-state index in [1.165, 1.54) is 116 Å². The summed E-state index contributed by atoms with van der Waals surface area (Å²) in [4.78, 5) is 71.1. The molecule has 0 aromatic rings. The molecule has 2 amide bonds. The van der Waals surface area contributed by atoms with Crippen molar-refractivity contribution >= 4 is 29.7 Å². The molecule has 0 aromatic carbocycles. The lowest BCUT2D eigenvalue weighted by molar-refractivity contribution is -0.146. The fourth-order valence-electron chi connectivity index (χ4n) is 11.7. The van der Waals surface area contributed by atoms with Crippen molar-refractivity contribution in [3.8, 4) is 0 Å². The summed E-state index contributed by atoms with van der Waals surface area (Å²) in [5.41, 5.74) is 0. The van der Waals surface area contributed by atoms with Crippen molar-refractivity contribution in [2.75, 3.05) is 52.5 Å². The zero-order valence-electron chi connectivity index (χ0n) is 56.4. The average Bonchev–Trinajstić information content (AvgIpc) is 3.51. The molecule has 0 heterocycles. The minimum atomic E-state index is -0.506. The molecule has 1 N–H and O–H groups in total. The van der Waals surface area contributed by atoms with Crippen molar-refractivity contribution in [2.45, 2.75) is 363 Å². The normalized spacial score (nSPS) is 13.0. The van der Waals surface area contributed by atoms with E-state index in [1.807, 2.05) is 4.90 Å². The summed E-state index contributed by atoms with van der Waals surface area (Å²) in [5, 5.41) is 3.28. The van der Waals surface area contributed by atoms with E-state index in [1.54, 1.807) is 0 Å². The molecule has 0 spiro atoms. The summed E-state index contributed by atoms with van der Waals surface area (Å²) in [6.07, 6.45) is 48.3. The molecular formula is C72H139N3O8. The van der Waals surface area contributed by atoms with Gasteiger partial charge in [-0.05, 0) is 121 Å². The third kappa shape index (κ3) is 50.1. The van der Waals surface area contributed by atoms with E-state index < -0.39 is 6.04 Å². The molecule has 0 bridgehead atoms. The number of nitrogens with zero attached hydrogens (tertiary/aromatic N) is 2. The Hall–Kier alpha value is -2.69. The van der Waals surface area contributed by atoms with Crippen LogP contribution in [-0.2, 0) is 38.2 Å². The van der Waals surface area contributed by atoms with Crippen LogP contribution >= 0.6 is 0 Å². The predicted molar refractivity (Wildman–Crippen MR) is 351 cm³/mol. The summed E-state index contributed by atoms with van der Waals surface area (Å²) in [6, 6.07) is -0.506. The summed E-state index contributed by atoms with van der Waals surface area (Å²) in [5.74, 6) is 1.29. The number of hydrogen-bond acceptors (Lipinski definition) is 9. The van der Waals surface area contributed by atoms with Crippen molar-refractivity contribution in [2.24, 2.45) is 17.8 Å². The van der Waals surface area contributed by atoms with E-state index >= 15 is 0 Å². The number of amides is 2. The lowest BCUT2D eigenvalue weighted by Crippen LogP contribution is -2.50. The number of esters is 3. The molecule has 4 unspecified atom stereocenters. The van der Waals surface area contributed by atoms with E-state index in [0.717, 1.165) is 174 Å². The van der Waals surface area contributed by atoms with Crippen LogP contribution in [0.15, 0.2) is 0 Å². The SMILES string of the molecule is CCCCCCC(CCCC)COC(=O)CCCCCCCCNC(=O)C(CCCCCCCCC(=O)OCC(CCCC)CCCCCC)N(CCCN(CC)CC)C(=O)CCCCCCCC(=O)OCC(CCCC)CCCCCC. The van der Waals surface area contributed by atoms with Gasteiger partial charge >= 0.3 is 17.9 Å². The molecule has 0 aliphatic carbocycles. The molecule has 0 fully saturated rings. The third-order valence-corrected chi connectivity index (χ3v) is 17.5. The lowest BCUT2D eigenvalue weighted by atomic mass is 9.96. The molecular weight excluding hydrogens is 1030 g/mol. The first-order valence-corrected chi connectivity index (χ1v) is 36.3. The number of nitrogens with one attached hydrogen (secondary N) is 1. The average molecular weight is 1170 g/mol. The van der Waals surface area contributed by atoms with Gasteiger partial charge in [0.15, 0.2) is 0 Å². The highest BCUT2D eigenvalue weighted by molar-refractivity contribution is 5.87. The maximum absolute atomic E-state index is 14.3. The Bertz CT molecular complexity index is 1470. The van der Waals surface area contributed by atoms with Gasteiger partial charge in [-0.1, -0.05) is 248 Å². The Kier molecular flexibility index (Phi) is 59.0. The van der Waals surface area contributed by atoms with Crippen molar-refractivity contribution in [3.05, 3.63) is 0 Å². The summed E-state index contributed by atoms with van der Waals surface area (Å²) in [6.45, 7) is 23.4. The number of carbonyl (C=O) groups is 5. The van der Waals surface area contributed by atoms with Gasteiger partial charge in [0, 0.05) is 38.8 Å². The first-order chi connectivity index (χ1) is 40.5. The first-order valence-electron chi connectivity index (χ1n) is 36.3. The molecule has 11 nitrogen and oxygen atoms in total. The molecule has 0 aliphatic rings. The van der Waals surface area contributed by atoms with Crippen LogP contribution in [-0.4, -0.2) is 98.1 Å². The molecule has 4 atom stereocenters. The van der Waals surface area contributed by atoms with Crippen LogP contribution in [0.2, 0.25) is 0 Å². The lowest BCUT2D eigenvalue weighted by Gasteiger charge is -2.32. The molecule has 11 heteroatoms. The summed E-state index contributed by atoms with van der Waals surface area (Å²) >= 11 is 0. The minimum absolute atomic E-state index is 0.0333. The van der Waals surface area contributed by atoms with Gasteiger partial charge in [0.05, 0.1) is 19.8 Å². The zero-order chi connectivity index (χ0) is 61.1. The fraction of sp³-hybridized carbons (Fsp3) is 0.931. The number of unbranched alkanes of at least 4 members (excludes halogenated alkanes) is 26. The van der Waals surface area contributed by atoms with Gasteiger partial charge in [0.1, 0.15) is 6.04 Å². The van der Waals surface area contributed by atoms with Crippen LogP contribution in [0.4, 0.5) is 0 Å². The smallest absolute Gasteiger partial charge is 0.305 e. The highest BCUT2D eigenvalue weighted by atomic mass is 16.5. The van der Waals surface area contributed by atoms with Crippen LogP contribution < -0.4 is 5.32 Å². The van der Waals surface area contributed by atoms with Crippen LogP contribution in [0.3, 0.4) is 0 Å². The third-order valence-electron chi connectivity index (χ3n) is 17.5. The number of hydrogen-bond donors (Lipinski definition) is 1. The van der Waals surface area contributed by atoms with E-state index in [4.69, 9.17) is 14.2 Å². The second kappa shape index (κ2) is 61.0. The quantitative estimate of drug-likeness (QED) is 0.0359. The topological polar surface area (TPSA) is 132 Å². The number of ether oxygens (including phenoxy) is 3. The summed E-state index contributed by atoms with van der Waals surface area (Å²) < 4.78 is 17.3. The van der Waals surface area contributed by atoms with E-state index in [-0.39, 0.29) is 29.7 Å². The van der Waals surface area contributed by atoms with Gasteiger partial charge in [-0.25, -0.2) is 0 Å². The van der Waals surface area contributed by atoms with Crippen LogP contribution in [0.5, 0.6) is 0 Å². The fourth-order valence-corrected chi connectivity index (χ4v) is 11.7. The molecule has 0 aromatic heterocycles. The number of rotatable bonds is 64. The van der Waals surface area contributed by atoms with Crippen molar-refractivity contribution in [1.82, 2.24) is 15.1 Å². The second-order valence-corrected chi connectivity index (χ2v) is 25.2. The minimum Gasteiger partial charge on any atom is -0.465 e. The Labute approximate surface area is 514 Å². The highest BCUT2D eigenvalue weighted by Crippen LogP contribution is 2.23. The van der Waals surface area contributed by atoms with Crippen LogP contribution in [0.25, 0.3) is 0 Å². The zero-order valence-corrected chi connectivity index (χ0v) is 56.4. The van der Waals surface area contributed by atoms with Crippen LogP contribution in [0, 0.1) is 17.8 Å². The molecule has 0 saturated heterocycles. The van der Waals surface area contributed by atoms with Crippen molar-refractivity contribution in [3.63, 3.8) is 0 Å². The Morgan fingerprint density at radius 2 is 0.639 bits per heavy atom. The van der Waals surface area contributed by atoms with Gasteiger partial charge in [-0.2, -0.15) is 0 Å². The second-order valence-electron chi connectivity index (χ2n) is 25.2. The highest BCUT2D eigenvalue weighted by Gasteiger charge is 2.29. The van der Waals surface area contributed by atoms with Gasteiger partial charge in [-0.3, -0.25) is 24.0 Å². The monoisotopic (exact) mass is 1170 g/mol. The number of carbonyl (C=O) groups excluding carboxylic acids is 5. The van der Waals surface area contributed by atoms with Gasteiger partial charge < -0.3 is 29.3 Å². The standard InChI is InChI=1S/C72H139N3O8/c1-9-17-23-37-50-64(47-20-12-4)61-81-69(77)55-42-33-27-26-31-40-53-67(72(80)73-58-45-36-29-28-34-43-56-70(78)82-62-65(48-21-13-5)51-38-24-18-10-2)75(60-46-59-74(15-7)16-8)68(76)54-41-32-30-35-44-57-71(79)83-63-66(49-22-14-6)52-39-25-19-11-3/h64-67H,9-63H2,1-8H3,(H,73,80). The van der Waals surface area contributed by atoms with E-state index in [0.29, 0.717) is 82.8 Å². The van der Waals surface area contributed by atoms with Crippen molar-refractivity contribution < 1.29 is 38.2 Å². The molecule has 0 saturated carbocycles. The van der Waals surface area contributed by atoms with Gasteiger partial charge in [0.2, 0.25) is 11.8 Å². The van der Waals surface area contributed by atoms with Gasteiger partial charge in [-0.15, -0.1) is 0 Å². The molecule has 83 heavy (non-hydrogen) atoms. The Morgan fingerprint density at radius 1 is 0.325 bits per heavy atom. The maximum Gasteiger partial charge on any atom is 0.305 e. The first kappa shape index (κ1) is 80.3. The molecule has 0 radical (unpaired) electrons. The molecule has 0 aliphatic heterocycles. The largest absolute Gasteiger partial charge is 0.465 e. The predicted octanol–water partition coefficient (Wildman–Crippen LogP) is 19.6.